The second-order valence-corrected chi connectivity index (χ2v) is 6.56. The van der Waals surface area contributed by atoms with E-state index in [0.29, 0.717) is 38.9 Å². The first-order valence-corrected chi connectivity index (χ1v) is 9.43. The SMILES string of the molecule is C=CC(=O)OC(C)CCN(CCC(C)OC(=O)C=C)CCC(C)OC(=O)C=C. The molecule has 0 amide bonds. The van der Waals surface area contributed by atoms with Gasteiger partial charge >= 0.3 is 17.9 Å². The second-order valence-electron chi connectivity index (χ2n) is 6.56. The van der Waals surface area contributed by atoms with Gasteiger partial charge in [-0.1, -0.05) is 19.7 Å². The molecule has 7 nitrogen and oxygen atoms in total. The van der Waals surface area contributed by atoms with Crippen LogP contribution in [0.4, 0.5) is 0 Å². The lowest BCUT2D eigenvalue weighted by atomic mass is 10.2. The molecule has 0 aromatic carbocycles. The molecule has 0 radical (unpaired) electrons. The highest BCUT2D eigenvalue weighted by molar-refractivity contribution is 5.82. The summed E-state index contributed by atoms with van der Waals surface area (Å²) in [7, 11) is 0. The third-order valence-electron chi connectivity index (χ3n) is 4.01. The van der Waals surface area contributed by atoms with Gasteiger partial charge < -0.3 is 19.1 Å². The van der Waals surface area contributed by atoms with Crippen LogP contribution < -0.4 is 0 Å². The van der Waals surface area contributed by atoms with Crippen LogP contribution in [0.1, 0.15) is 40.0 Å². The molecule has 0 aromatic rings. The molecule has 0 rings (SSSR count). The fourth-order valence-electron chi connectivity index (χ4n) is 2.34. The number of hydrogen-bond acceptors (Lipinski definition) is 7. The molecule has 158 valence electrons. The van der Waals surface area contributed by atoms with E-state index in [9.17, 15) is 14.4 Å². The number of esters is 3. The number of nitrogens with zero attached hydrogens (tertiary/aromatic N) is 1. The number of hydrogen-bond donors (Lipinski definition) is 0. The molecule has 7 heteroatoms. The Kier molecular flexibility index (Phi) is 13.4. The van der Waals surface area contributed by atoms with Gasteiger partial charge in [0.15, 0.2) is 0 Å². The molecule has 0 bridgehead atoms. The van der Waals surface area contributed by atoms with Crippen LogP contribution in [0.25, 0.3) is 0 Å². The van der Waals surface area contributed by atoms with E-state index in [-0.39, 0.29) is 18.3 Å². The Bertz CT molecular complexity index is 469. The van der Waals surface area contributed by atoms with Crippen molar-refractivity contribution in [2.24, 2.45) is 0 Å². The molecule has 0 saturated carbocycles. The predicted octanol–water partition coefficient (Wildman–Crippen LogP) is 2.81. The van der Waals surface area contributed by atoms with Crippen molar-refractivity contribution in [1.29, 1.82) is 0 Å². The minimum Gasteiger partial charge on any atom is -0.459 e. The summed E-state index contributed by atoms with van der Waals surface area (Å²) in [6.45, 7) is 17.7. The molecule has 0 aliphatic heterocycles. The van der Waals surface area contributed by atoms with Crippen LogP contribution >= 0.6 is 0 Å². The molecule has 3 unspecified atom stereocenters. The Morgan fingerprint density at radius 1 is 0.679 bits per heavy atom. The Hall–Kier alpha value is -2.41. The van der Waals surface area contributed by atoms with Crippen molar-refractivity contribution in [3.05, 3.63) is 38.0 Å². The van der Waals surface area contributed by atoms with Crippen LogP contribution in [-0.2, 0) is 28.6 Å². The molecule has 0 saturated heterocycles. The summed E-state index contributed by atoms with van der Waals surface area (Å²) in [5.74, 6) is -1.35. The lowest BCUT2D eigenvalue weighted by Crippen LogP contribution is -2.33. The van der Waals surface area contributed by atoms with Crippen molar-refractivity contribution in [2.75, 3.05) is 19.6 Å². The van der Waals surface area contributed by atoms with Gasteiger partial charge in [0.2, 0.25) is 0 Å². The summed E-state index contributed by atoms with van der Waals surface area (Å²) in [6, 6.07) is 0. The van der Waals surface area contributed by atoms with E-state index in [1.165, 1.54) is 0 Å². The molecular formula is C21H33NO6. The van der Waals surface area contributed by atoms with Gasteiger partial charge in [0.1, 0.15) is 18.3 Å². The summed E-state index contributed by atoms with van der Waals surface area (Å²) in [5.41, 5.74) is 0. The Labute approximate surface area is 168 Å². The quantitative estimate of drug-likeness (QED) is 0.239. The minimum atomic E-state index is -0.450. The fourth-order valence-corrected chi connectivity index (χ4v) is 2.34. The van der Waals surface area contributed by atoms with Crippen LogP contribution in [0.2, 0.25) is 0 Å². The second kappa shape index (κ2) is 14.6. The summed E-state index contributed by atoms with van der Waals surface area (Å²) in [6.07, 6.45) is 4.59. The molecule has 0 aromatic heterocycles. The van der Waals surface area contributed by atoms with Gasteiger partial charge in [-0.05, 0) is 40.0 Å². The molecule has 3 atom stereocenters. The van der Waals surface area contributed by atoms with Crippen molar-refractivity contribution in [2.45, 2.75) is 58.3 Å². The van der Waals surface area contributed by atoms with E-state index in [4.69, 9.17) is 14.2 Å². The van der Waals surface area contributed by atoms with Gasteiger partial charge in [-0.2, -0.15) is 0 Å². The fraction of sp³-hybridized carbons (Fsp3) is 0.571. The molecule has 0 heterocycles. The van der Waals surface area contributed by atoms with E-state index < -0.39 is 17.9 Å². The van der Waals surface area contributed by atoms with Gasteiger partial charge in [-0.25, -0.2) is 14.4 Å². The van der Waals surface area contributed by atoms with Gasteiger partial charge in [-0.15, -0.1) is 0 Å². The summed E-state index contributed by atoms with van der Waals surface area (Å²) in [4.78, 5) is 36.0. The molecule has 0 aliphatic carbocycles. The third kappa shape index (κ3) is 12.9. The van der Waals surface area contributed by atoms with Crippen LogP contribution in [0.15, 0.2) is 38.0 Å². The highest BCUT2D eigenvalue weighted by Crippen LogP contribution is 2.08. The normalized spacial score (nSPS) is 13.7. The van der Waals surface area contributed by atoms with Crippen LogP contribution in [0, 0.1) is 0 Å². The van der Waals surface area contributed by atoms with Gasteiger partial charge in [0.05, 0.1) is 0 Å². The Morgan fingerprint density at radius 3 is 1.14 bits per heavy atom. The van der Waals surface area contributed by atoms with Crippen LogP contribution in [-0.4, -0.2) is 60.8 Å². The van der Waals surface area contributed by atoms with Gasteiger partial charge in [0.25, 0.3) is 0 Å². The van der Waals surface area contributed by atoms with E-state index in [2.05, 4.69) is 24.6 Å². The van der Waals surface area contributed by atoms with E-state index >= 15 is 0 Å². The zero-order valence-electron chi connectivity index (χ0n) is 17.2. The lowest BCUT2D eigenvalue weighted by molar-refractivity contribution is -0.143. The first-order chi connectivity index (χ1) is 13.2. The van der Waals surface area contributed by atoms with E-state index in [0.717, 1.165) is 18.2 Å². The maximum absolute atomic E-state index is 11.3. The van der Waals surface area contributed by atoms with Crippen molar-refractivity contribution < 1.29 is 28.6 Å². The van der Waals surface area contributed by atoms with E-state index in [1.807, 2.05) is 20.8 Å². The summed E-state index contributed by atoms with van der Waals surface area (Å²) >= 11 is 0. The smallest absolute Gasteiger partial charge is 0.330 e. The van der Waals surface area contributed by atoms with Crippen molar-refractivity contribution in [1.82, 2.24) is 4.90 Å². The molecule has 0 N–H and O–H groups in total. The first-order valence-electron chi connectivity index (χ1n) is 9.43. The van der Waals surface area contributed by atoms with Crippen molar-refractivity contribution in [3.63, 3.8) is 0 Å². The lowest BCUT2D eigenvalue weighted by Gasteiger charge is -2.26. The maximum atomic E-state index is 11.3. The number of carbonyl (C=O) groups excluding carboxylic acids is 3. The Balaban J connectivity index is 4.62. The number of carbonyl (C=O) groups is 3. The zero-order chi connectivity index (χ0) is 21.5. The minimum absolute atomic E-state index is 0.250. The largest absolute Gasteiger partial charge is 0.459 e. The zero-order valence-corrected chi connectivity index (χ0v) is 17.2. The summed E-state index contributed by atoms with van der Waals surface area (Å²) < 4.78 is 15.6. The van der Waals surface area contributed by atoms with Crippen LogP contribution in [0.3, 0.4) is 0 Å². The van der Waals surface area contributed by atoms with Crippen LogP contribution in [0.5, 0.6) is 0 Å². The van der Waals surface area contributed by atoms with Gasteiger partial charge in [-0.3, -0.25) is 0 Å². The molecule has 28 heavy (non-hydrogen) atoms. The van der Waals surface area contributed by atoms with Gasteiger partial charge in [0, 0.05) is 37.9 Å². The average Bonchev–Trinajstić information content (AvgIpc) is 2.66. The highest BCUT2D eigenvalue weighted by atomic mass is 16.5. The monoisotopic (exact) mass is 395 g/mol. The van der Waals surface area contributed by atoms with E-state index in [1.54, 1.807) is 0 Å². The highest BCUT2D eigenvalue weighted by Gasteiger charge is 2.15. The Morgan fingerprint density at radius 2 is 0.929 bits per heavy atom. The molecule has 0 fully saturated rings. The first kappa shape index (κ1) is 25.6. The molecule has 0 spiro atoms. The average molecular weight is 395 g/mol. The maximum Gasteiger partial charge on any atom is 0.330 e. The van der Waals surface area contributed by atoms with Crippen molar-refractivity contribution >= 4 is 17.9 Å². The topological polar surface area (TPSA) is 82.1 Å². The third-order valence-corrected chi connectivity index (χ3v) is 4.01. The van der Waals surface area contributed by atoms with Crippen molar-refractivity contribution in [3.8, 4) is 0 Å². The molecular weight excluding hydrogens is 362 g/mol. The number of ether oxygens (including phenoxy) is 3. The summed E-state index contributed by atoms with van der Waals surface area (Å²) in [5, 5.41) is 0. The number of rotatable bonds is 15. The molecule has 0 aliphatic rings. The standard InChI is InChI=1S/C21H33NO6/c1-7-19(23)26-16(4)10-13-22(14-11-17(5)27-20(24)8-2)15-12-18(6)28-21(25)9-3/h7-9,16-18H,1-3,10-15H2,4-6H3. The predicted molar refractivity (Wildman–Crippen MR) is 108 cm³/mol.